The number of hydrogen-bond donors (Lipinski definition) is 2. The first-order valence-corrected chi connectivity index (χ1v) is 8.71. The van der Waals surface area contributed by atoms with E-state index in [0.717, 1.165) is 38.7 Å². The Hall–Kier alpha value is -1.73. The van der Waals surface area contributed by atoms with Gasteiger partial charge in [-0.2, -0.15) is 0 Å². The topological polar surface area (TPSA) is 48.9 Å². The molecule has 25 heavy (non-hydrogen) atoms. The van der Waals surface area contributed by atoms with Gasteiger partial charge in [0.1, 0.15) is 0 Å². The maximum absolute atomic E-state index is 13.6. The molecule has 0 saturated heterocycles. The lowest BCUT2D eigenvalue weighted by Gasteiger charge is -2.16. The molecule has 0 aliphatic carbocycles. The molecular weight excluding hydrogens is 326 g/mol. The molecule has 0 amide bonds. The largest absolute Gasteiger partial charge is 0.385 e. The van der Waals surface area contributed by atoms with Gasteiger partial charge in [0.05, 0.1) is 6.54 Å². The van der Waals surface area contributed by atoms with Crippen LogP contribution in [0.4, 0.5) is 8.78 Å². The molecule has 5 nitrogen and oxygen atoms in total. The van der Waals surface area contributed by atoms with Crippen LogP contribution in [0.1, 0.15) is 18.9 Å². The second-order valence-corrected chi connectivity index (χ2v) is 5.80. The minimum absolute atomic E-state index is 0.362. The molecule has 2 N–H and O–H groups in total. The molecule has 1 rings (SSSR count). The maximum atomic E-state index is 13.6. The zero-order valence-corrected chi connectivity index (χ0v) is 15.4. The van der Waals surface area contributed by atoms with Crippen LogP contribution in [0.2, 0.25) is 0 Å². The van der Waals surface area contributed by atoms with Crippen molar-refractivity contribution >= 4 is 5.96 Å². The molecule has 0 spiro atoms. The van der Waals surface area contributed by atoms with Crippen LogP contribution in [-0.4, -0.2) is 64.3 Å². The Morgan fingerprint density at radius 3 is 2.76 bits per heavy atom. The van der Waals surface area contributed by atoms with Crippen molar-refractivity contribution in [3.05, 3.63) is 35.4 Å². The van der Waals surface area contributed by atoms with Gasteiger partial charge < -0.3 is 20.3 Å². The van der Waals surface area contributed by atoms with Crippen molar-refractivity contribution in [3.63, 3.8) is 0 Å². The highest BCUT2D eigenvalue weighted by molar-refractivity contribution is 5.79. The average molecular weight is 356 g/mol. The highest BCUT2D eigenvalue weighted by atomic mass is 19.2. The minimum Gasteiger partial charge on any atom is -0.385 e. The molecule has 1 aromatic rings. The highest BCUT2D eigenvalue weighted by Gasteiger charge is 2.07. The third-order valence-corrected chi connectivity index (χ3v) is 3.70. The summed E-state index contributed by atoms with van der Waals surface area (Å²) in [5.41, 5.74) is 0.362. The van der Waals surface area contributed by atoms with Crippen LogP contribution in [0.25, 0.3) is 0 Å². The molecule has 0 aliphatic rings. The number of likely N-dealkylation sites (N-methyl/N-ethyl adjacent to an activating group) is 1. The number of nitrogens with one attached hydrogen (secondary N) is 2. The van der Waals surface area contributed by atoms with E-state index >= 15 is 0 Å². The van der Waals surface area contributed by atoms with Crippen LogP contribution < -0.4 is 10.6 Å². The molecule has 0 bridgehead atoms. The van der Waals surface area contributed by atoms with Crippen LogP contribution in [0.3, 0.4) is 0 Å². The molecule has 0 fully saturated rings. The molecule has 142 valence electrons. The number of halogens is 2. The smallest absolute Gasteiger partial charge is 0.191 e. The average Bonchev–Trinajstić information content (AvgIpc) is 2.59. The van der Waals surface area contributed by atoms with E-state index in [0.29, 0.717) is 31.0 Å². The van der Waals surface area contributed by atoms with Crippen molar-refractivity contribution in [1.82, 2.24) is 15.5 Å². The van der Waals surface area contributed by atoms with Gasteiger partial charge in [0.2, 0.25) is 0 Å². The Morgan fingerprint density at radius 1 is 1.24 bits per heavy atom. The Balaban J connectivity index is 2.38. The van der Waals surface area contributed by atoms with Crippen LogP contribution in [0.5, 0.6) is 0 Å². The lowest BCUT2D eigenvalue weighted by atomic mass is 10.1. The Labute approximate surface area is 149 Å². The van der Waals surface area contributed by atoms with Crippen LogP contribution in [0.15, 0.2) is 23.2 Å². The van der Waals surface area contributed by atoms with Gasteiger partial charge in [0, 0.05) is 39.9 Å². The predicted octanol–water partition coefficient (Wildman–Crippen LogP) is 2.03. The van der Waals surface area contributed by atoms with Crippen molar-refractivity contribution < 1.29 is 13.5 Å². The SMILES string of the molecule is CCNC(=NCCN(C)CCCOC)NCCc1cccc(F)c1F. The summed E-state index contributed by atoms with van der Waals surface area (Å²) in [5.74, 6) is -0.900. The number of aliphatic imine (C=N–C) groups is 1. The molecule has 0 atom stereocenters. The van der Waals surface area contributed by atoms with E-state index in [1.54, 1.807) is 13.2 Å². The van der Waals surface area contributed by atoms with E-state index in [2.05, 4.69) is 27.6 Å². The first kappa shape index (κ1) is 21.3. The molecule has 0 heterocycles. The molecule has 0 unspecified atom stereocenters. The molecule has 1 aromatic carbocycles. The first-order chi connectivity index (χ1) is 12.1. The number of ether oxygens (including phenoxy) is 1. The zero-order valence-electron chi connectivity index (χ0n) is 15.4. The molecule has 7 heteroatoms. The summed E-state index contributed by atoms with van der Waals surface area (Å²) in [7, 11) is 3.76. The van der Waals surface area contributed by atoms with Crippen LogP contribution in [0, 0.1) is 11.6 Å². The summed E-state index contributed by atoms with van der Waals surface area (Å²) < 4.78 is 31.9. The number of hydrogen-bond acceptors (Lipinski definition) is 3. The fourth-order valence-electron chi connectivity index (χ4n) is 2.32. The second kappa shape index (κ2) is 12.6. The predicted molar refractivity (Wildman–Crippen MR) is 98.0 cm³/mol. The van der Waals surface area contributed by atoms with Crippen molar-refractivity contribution in [3.8, 4) is 0 Å². The van der Waals surface area contributed by atoms with Crippen LogP contribution in [-0.2, 0) is 11.2 Å². The van der Waals surface area contributed by atoms with Crippen LogP contribution >= 0.6 is 0 Å². The molecule has 0 saturated carbocycles. The van der Waals surface area contributed by atoms with Gasteiger partial charge in [-0.1, -0.05) is 12.1 Å². The minimum atomic E-state index is -0.811. The Morgan fingerprint density at radius 2 is 2.04 bits per heavy atom. The van der Waals surface area contributed by atoms with Crippen molar-refractivity contribution in [2.45, 2.75) is 19.8 Å². The highest BCUT2D eigenvalue weighted by Crippen LogP contribution is 2.11. The number of methoxy groups -OCH3 is 1. The maximum Gasteiger partial charge on any atom is 0.191 e. The van der Waals surface area contributed by atoms with Gasteiger partial charge in [-0.15, -0.1) is 0 Å². The van der Waals surface area contributed by atoms with Crippen molar-refractivity contribution in [2.24, 2.45) is 4.99 Å². The van der Waals surface area contributed by atoms with Gasteiger partial charge in [-0.25, -0.2) is 8.78 Å². The summed E-state index contributed by atoms with van der Waals surface area (Å²) in [6, 6.07) is 4.24. The van der Waals surface area contributed by atoms with Crippen molar-refractivity contribution in [2.75, 3.05) is 53.5 Å². The fourth-order valence-corrected chi connectivity index (χ4v) is 2.32. The third kappa shape index (κ3) is 8.79. The monoisotopic (exact) mass is 356 g/mol. The lowest BCUT2D eigenvalue weighted by molar-refractivity contribution is 0.180. The summed E-state index contributed by atoms with van der Waals surface area (Å²) in [4.78, 5) is 6.71. The molecule has 0 aromatic heterocycles. The van der Waals surface area contributed by atoms with Gasteiger partial charge >= 0.3 is 0 Å². The van der Waals surface area contributed by atoms with Gasteiger partial charge in [-0.05, 0) is 38.4 Å². The summed E-state index contributed by atoms with van der Waals surface area (Å²) in [6.45, 7) is 6.44. The van der Waals surface area contributed by atoms with E-state index in [1.807, 2.05) is 6.92 Å². The van der Waals surface area contributed by atoms with E-state index in [9.17, 15) is 8.78 Å². The summed E-state index contributed by atoms with van der Waals surface area (Å²) in [5, 5.41) is 6.31. The number of rotatable bonds is 11. The first-order valence-electron chi connectivity index (χ1n) is 8.71. The molecule has 0 aliphatic heterocycles. The van der Waals surface area contributed by atoms with E-state index in [1.165, 1.54) is 6.07 Å². The number of guanidine groups is 1. The fraction of sp³-hybridized carbons (Fsp3) is 0.611. The van der Waals surface area contributed by atoms with Gasteiger partial charge in [-0.3, -0.25) is 4.99 Å². The Bertz CT molecular complexity index is 526. The normalized spacial score (nSPS) is 11.8. The van der Waals surface area contributed by atoms with Crippen molar-refractivity contribution in [1.29, 1.82) is 0 Å². The van der Waals surface area contributed by atoms with E-state index in [4.69, 9.17) is 4.74 Å². The summed E-state index contributed by atoms with van der Waals surface area (Å²) >= 11 is 0. The second-order valence-electron chi connectivity index (χ2n) is 5.80. The molecular formula is C18H30F2N4O. The standard InChI is InChI=1S/C18H30F2N4O/c1-4-21-18(23-11-13-24(2)12-6-14-25-3)22-10-9-15-7-5-8-16(19)17(15)20/h5,7-8H,4,6,9-14H2,1-3H3,(H2,21,22,23). The number of nitrogens with zero attached hydrogens (tertiary/aromatic N) is 2. The zero-order chi connectivity index (χ0) is 18.5. The van der Waals surface area contributed by atoms with Gasteiger partial charge in [0.15, 0.2) is 17.6 Å². The number of benzene rings is 1. The van der Waals surface area contributed by atoms with Gasteiger partial charge in [0.25, 0.3) is 0 Å². The molecule has 0 radical (unpaired) electrons. The quantitative estimate of drug-likeness (QED) is 0.362. The Kier molecular flexibility index (Phi) is 10.7. The lowest BCUT2D eigenvalue weighted by Crippen LogP contribution is -2.39. The summed E-state index contributed by atoms with van der Waals surface area (Å²) in [6.07, 6.45) is 1.39. The van der Waals surface area contributed by atoms with E-state index < -0.39 is 11.6 Å². The third-order valence-electron chi connectivity index (χ3n) is 3.70. The van der Waals surface area contributed by atoms with E-state index in [-0.39, 0.29) is 0 Å².